The molecule has 4 N–H and O–H groups in total. The average molecular weight is 551 g/mol. The second kappa shape index (κ2) is 13.2. The van der Waals surface area contributed by atoms with Crippen molar-refractivity contribution in [2.45, 2.75) is 57.8 Å². The normalized spacial score (nSPS) is 20.9. The Morgan fingerprint density at radius 1 is 1.29 bits per heavy atom. The minimum atomic E-state index is -1.73. The maximum atomic E-state index is 13.2. The molecule has 1 aromatic heterocycles. The number of carbonyl (C=O) groups is 2. The maximum Gasteiger partial charge on any atom is 0.252 e. The largest absolute Gasteiger partial charge is 0.387 e. The number of hydrogen-bond donors (Lipinski definition) is 4. The van der Waals surface area contributed by atoms with E-state index in [-0.39, 0.29) is 28.2 Å². The summed E-state index contributed by atoms with van der Waals surface area (Å²) in [4.78, 5) is 31.6. The second-order valence-corrected chi connectivity index (χ2v) is 11.3. The van der Waals surface area contributed by atoms with Crippen molar-refractivity contribution in [3.63, 3.8) is 0 Å². The van der Waals surface area contributed by atoms with Gasteiger partial charge in [-0.3, -0.25) is 9.59 Å². The van der Waals surface area contributed by atoms with E-state index in [4.69, 9.17) is 27.9 Å². The zero-order chi connectivity index (χ0) is 26.3. The minimum Gasteiger partial charge on any atom is -0.387 e. The number of aromatic nitrogens is 1. The van der Waals surface area contributed by atoms with Crippen LogP contribution in [-0.2, 0) is 20.9 Å². The van der Waals surface area contributed by atoms with E-state index in [1.54, 1.807) is 23.1 Å². The molecule has 1 saturated heterocycles. The number of methoxy groups -OCH3 is 1. The molecule has 1 aromatic rings. The molecule has 0 bridgehead atoms. The highest BCUT2D eigenvalue weighted by Gasteiger charge is 2.38. The number of aliphatic hydroxyl groups excluding tert-OH is 3. The molecule has 0 aromatic carbocycles. The number of ether oxygens (including phenoxy) is 1. The number of nitrogens with zero attached hydrogens (tertiary/aromatic N) is 2. The van der Waals surface area contributed by atoms with Gasteiger partial charge in [-0.25, -0.2) is 4.98 Å². The number of allylic oxidation sites excluding steroid dienone is 1. The third-order valence-electron chi connectivity index (χ3n) is 5.23. The third-order valence-corrected chi connectivity index (χ3v) is 6.66. The van der Waals surface area contributed by atoms with Crippen LogP contribution in [0.3, 0.4) is 0 Å². The molecule has 0 saturated carbocycles. The van der Waals surface area contributed by atoms with Crippen molar-refractivity contribution < 1.29 is 29.6 Å². The van der Waals surface area contributed by atoms with Gasteiger partial charge in [0.05, 0.1) is 0 Å². The van der Waals surface area contributed by atoms with Crippen LogP contribution in [0.2, 0.25) is 10.3 Å². The van der Waals surface area contributed by atoms with Crippen molar-refractivity contribution in [2.75, 3.05) is 25.2 Å². The number of thioether (sulfide) groups is 1. The number of nitrogens with one attached hydrogen (secondary N) is 1. The summed E-state index contributed by atoms with van der Waals surface area (Å²) in [6.45, 7) is 6.41. The number of amides is 2. The van der Waals surface area contributed by atoms with Crippen LogP contribution in [0, 0.1) is 5.41 Å². The Bertz CT molecular complexity index is 893. The summed E-state index contributed by atoms with van der Waals surface area (Å²) in [5.74, 6) is -0.107. The van der Waals surface area contributed by atoms with Crippen molar-refractivity contribution in [3.8, 4) is 0 Å². The lowest BCUT2D eigenvalue weighted by Crippen LogP contribution is -2.56. The van der Waals surface area contributed by atoms with Crippen molar-refractivity contribution >= 4 is 46.8 Å². The summed E-state index contributed by atoms with van der Waals surface area (Å²) < 4.78 is 5.12. The first-order valence-corrected chi connectivity index (χ1v) is 13.0. The fraction of sp³-hybridized carbons (Fsp3) is 0.609. The molecule has 12 heteroatoms. The molecule has 5 atom stereocenters. The Morgan fingerprint density at radius 3 is 2.49 bits per heavy atom. The van der Waals surface area contributed by atoms with Gasteiger partial charge in [0.2, 0.25) is 5.91 Å². The van der Waals surface area contributed by atoms with Crippen LogP contribution in [0.5, 0.6) is 0 Å². The lowest BCUT2D eigenvalue weighted by molar-refractivity contribution is -0.151. The van der Waals surface area contributed by atoms with E-state index in [2.05, 4.69) is 10.3 Å². The van der Waals surface area contributed by atoms with E-state index in [1.165, 1.54) is 24.9 Å². The van der Waals surface area contributed by atoms with E-state index >= 15 is 0 Å². The number of hydrogen-bond acceptors (Lipinski definition) is 8. The summed E-state index contributed by atoms with van der Waals surface area (Å²) in [5.41, 5.74) is 0.450. The van der Waals surface area contributed by atoms with E-state index in [1.807, 2.05) is 20.8 Å². The molecule has 1 aliphatic rings. The smallest absolute Gasteiger partial charge is 0.252 e. The van der Waals surface area contributed by atoms with Gasteiger partial charge in [0.15, 0.2) is 6.10 Å². The fourth-order valence-corrected chi connectivity index (χ4v) is 4.89. The molecule has 1 unspecified atom stereocenters. The van der Waals surface area contributed by atoms with Gasteiger partial charge in [-0.1, -0.05) is 56.1 Å². The first-order valence-electron chi connectivity index (χ1n) is 11.1. The molecule has 0 spiro atoms. The maximum absolute atomic E-state index is 13.2. The van der Waals surface area contributed by atoms with Gasteiger partial charge in [0.1, 0.15) is 34.7 Å². The minimum absolute atomic E-state index is 0.212. The Balaban J connectivity index is 2.08. The van der Waals surface area contributed by atoms with E-state index in [0.29, 0.717) is 23.6 Å². The molecule has 2 rings (SSSR count). The molecule has 35 heavy (non-hydrogen) atoms. The van der Waals surface area contributed by atoms with Crippen LogP contribution in [0.1, 0.15) is 26.3 Å². The Hall–Kier alpha value is -1.40. The monoisotopic (exact) mass is 549 g/mol. The molecule has 196 valence electrons. The van der Waals surface area contributed by atoms with Crippen LogP contribution >= 0.6 is 35.0 Å². The molecule has 0 aliphatic carbocycles. The first kappa shape index (κ1) is 29.8. The predicted octanol–water partition coefficient (Wildman–Crippen LogP) is 1.65. The van der Waals surface area contributed by atoms with Gasteiger partial charge in [0.25, 0.3) is 5.91 Å². The van der Waals surface area contributed by atoms with Crippen LogP contribution in [0.25, 0.3) is 0 Å². The molecular formula is C23H33Cl2N3O6S. The third kappa shape index (κ3) is 9.20. The lowest BCUT2D eigenvalue weighted by atomic mass is 9.94. The summed E-state index contributed by atoms with van der Waals surface area (Å²) in [7, 11) is 1.20. The van der Waals surface area contributed by atoms with Crippen LogP contribution in [0.15, 0.2) is 24.3 Å². The quantitative estimate of drug-likeness (QED) is 0.270. The molecule has 2 heterocycles. The summed E-state index contributed by atoms with van der Waals surface area (Å²) >= 11 is 13.4. The van der Waals surface area contributed by atoms with Crippen molar-refractivity contribution in [2.24, 2.45) is 5.41 Å². The van der Waals surface area contributed by atoms with Gasteiger partial charge in [0, 0.05) is 31.7 Å². The summed E-state index contributed by atoms with van der Waals surface area (Å²) in [6, 6.07) is 2.35. The van der Waals surface area contributed by atoms with Crippen LogP contribution in [0.4, 0.5) is 0 Å². The number of rotatable bonds is 9. The average Bonchev–Trinajstić information content (AvgIpc) is 2.92. The number of pyridine rings is 1. The van der Waals surface area contributed by atoms with Crippen LogP contribution in [-0.4, -0.2) is 92.6 Å². The highest BCUT2D eigenvalue weighted by molar-refractivity contribution is 7.99. The molecule has 1 fully saturated rings. The van der Waals surface area contributed by atoms with E-state index in [9.17, 15) is 24.9 Å². The Morgan fingerprint density at radius 2 is 1.91 bits per heavy atom. The summed E-state index contributed by atoms with van der Waals surface area (Å²) in [6.07, 6.45) is -3.28. The highest BCUT2D eigenvalue weighted by Crippen LogP contribution is 2.20. The molecule has 1 aliphatic heterocycles. The van der Waals surface area contributed by atoms with Crippen molar-refractivity contribution in [1.29, 1.82) is 0 Å². The second-order valence-electron chi connectivity index (χ2n) is 9.37. The Labute approximate surface area is 219 Å². The number of aliphatic hydroxyl groups is 3. The molecule has 2 amide bonds. The topological polar surface area (TPSA) is 132 Å². The zero-order valence-electron chi connectivity index (χ0n) is 20.1. The zero-order valence-corrected chi connectivity index (χ0v) is 22.5. The van der Waals surface area contributed by atoms with E-state index in [0.717, 1.165) is 0 Å². The Kier molecular flexibility index (Phi) is 11.3. The molecule has 0 radical (unpaired) electrons. The van der Waals surface area contributed by atoms with E-state index < -0.39 is 36.4 Å². The lowest BCUT2D eigenvalue weighted by Gasteiger charge is -2.29. The van der Waals surface area contributed by atoms with Crippen molar-refractivity contribution in [3.05, 3.63) is 40.2 Å². The van der Waals surface area contributed by atoms with Gasteiger partial charge in [-0.05, 0) is 23.1 Å². The number of halogens is 2. The van der Waals surface area contributed by atoms with Crippen molar-refractivity contribution in [1.82, 2.24) is 15.2 Å². The van der Waals surface area contributed by atoms with Crippen LogP contribution < -0.4 is 5.32 Å². The van der Waals surface area contributed by atoms with Gasteiger partial charge in [-0.15, -0.1) is 0 Å². The highest BCUT2D eigenvalue weighted by atomic mass is 35.5. The van der Waals surface area contributed by atoms with Gasteiger partial charge >= 0.3 is 0 Å². The molecular weight excluding hydrogens is 517 g/mol. The standard InChI is InChI=1S/C23H33Cl2N3O6S/c1-23(2,3)6-5-15(29)18(30)19(31)20(34-4)21(32)26-14-12-35-8-7-28(22(14)33)11-13-9-16(24)27-17(25)10-13/h5-6,9-10,14-15,18-20,29-31H,7-8,11-12H2,1-4H3,(H,26,32)/b6-5+/t14?,15-,18+,19-,20-/m1/s1. The summed E-state index contributed by atoms with van der Waals surface area (Å²) in [5, 5.41) is 34.2. The SMILES string of the molecule is CO[C@@H](C(=O)NC1CSCCN(Cc2cc(Cl)nc(Cl)c2)C1=O)[C@H](O)[C@@H](O)[C@H](O)/C=C/C(C)(C)C. The predicted molar refractivity (Wildman–Crippen MR) is 136 cm³/mol. The first-order chi connectivity index (χ1) is 16.3. The van der Waals surface area contributed by atoms with Gasteiger partial charge in [-0.2, -0.15) is 11.8 Å². The number of carbonyl (C=O) groups excluding carboxylic acids is 2. The van der Waals surface area contributed by atoms with Gasteiger partial charge < -0.3 is 30.3 Å². The fourth-order valence-electron chi connectivity index (χ4n) is 3.40. The molecule has 9 nitrogen and oxygen atoms in total.